The monoisotopic (exact) mass is 232 g/mol. The Morgan fingerprint density at radius 1 is 1.29 bits per heavy atom. The molecule has 3 heteroatoms. The van der Waals surface area contributed by atoms with Gasteiger partial charge in [-0.25, -0.2) is 4.98 Å². The van der Waals surface area contributed by atoms with E-state index in [1.807, 2.05) is 0 Å². The fraction of sp³-hybridized carbons (Fsp3) is 0.500. The highest BCUT2D eigenvalue weighted by Gasteiger charge is 2.08. The summed E-state index contributed by atoms with van der Waals surface area (Å²) >= 11 is 0. The third-order valence-electron chi connectivity index (χ3n) is 3.14. The minimum absolute atomic E-state index is 0.489. The second-order valence-electron chi connectivity index (χ2n) is 4.90. The van der Waals surface area contributed by atoms with Gasteiger partial charge >= 0.3 is 0 Å². The first-order valence-electron chi connectivity index (χ1n) is 6.05. The summed E-state index contributed by atoms with van der Waals surface area (Å²) in [6.45, 7) is 7.20. The summed E-state index contributed by atoms with van der Waals surface area (Å²) in [5.41, 5.74) is 4.79. The molecular weight excluding hydrogens is 212 g/mol. The minimum Gasteiger partial charge on any atom is -0.384 e. The molecule has 0 saturated heterocycles. The van der Waals surface area contributed by atoms with Gasteiger partial charge in [0.1, 0.15) is 5.82 Å². The molecule has 0 spiro atoms. The SMILES string of the molecule is COCC(C)Cc1nc2cc(C)c(C)cc2[nH]1. The second-order valence-corrected chi connectivity index (χ2v) is 4.90. The predicted octanol–water partition coefficient (Wildman–Crippen LogP) is 3.00. The van der Waals surface area contributed by atoms with Crippen molar-refractivity contribution in [2.24, 2.45) is 5.92 Å². The third kappa shape index (κ3) is 2.67. The molecule has 1 atom stereocenters. The van der Waals surface area contributed by atoms with Crippen molar-refractivity contribution in [2.75, 3.05) is 13.7 Å². The molecule has 2 rings (SSSR count). The van der Waals surface area contributed by atoms with Crippen molar-refractivity contribution >= 4 is 11.0 Å². The summed E-state index contributed by atoms with van der Waals surface area (Å²) in [6.07, 6.45) is 0.931. The van der Waals surface area contributed by atoms with E-state index in [2.05, 4.69) is 42.9 Å². The molecule has 1 heterocycles. The molecular formula is C14H20N2O. The van der Waals surface area contributed by atoms with Gasteiger partial charge in [0.05, 0.1) is 11.0 Å². The normalized spacial score (nSPS) is 13.2. The Morgan fingerprint density at radius 3 is 2.71 bits per heavy atom. The Kier molecular flexibility index (Phi) is 3.48. The molecule has 1 aromatic heterocycles. The molecule has 0 aliphatic heterocycles. The summed E-state index contributed by atoms with van der Waals surface area (Å²) in [7, 11) is 1.74. The maximum atomic E-state index is 5.15. The Balaban J connectivity index is 2.25. The number of H-pyrrole nitrogens is 1. The van der Waals surface area contributed by atoms with Gasteiger partial charge in [0, 0.05) is 20.1 Å². The highest BCUT2D eigenvalue weighted by Crippen LogP contribution is 2.18. The van der Waals surface area contributed by atoms with E-state index in [1.54, 1.807) is 7.11 Å². The average molecular weight is 232 g/mol. The molecule has 0 radical (unpaired) electrons. The topological polar surface area (TPSA) is 37.9 Å². The van der Waals surface area contributed by atoms with Crippen molar-refractivity contribution in [3.63, 3.8) is 0 Å². The van der Waals surface area contributed by atoms with Crippen LogP contribution in [0.25, 0.3) is 11.0 Å². The fourth-order valence-electron chi connectivity index (χ4n) is 2.09. The van der Waals surface area contributed by atoms with Crippen molar-refractivity contribution < 1.29 is 4.74 Å². The van der Waals surface area contributed by atoms with E-state index < -0.39 is 0 Å². The number of aryl methyl sites for hydroxylation is 2. The van der Waals surface area contributed by atoms with Gasteiger partial charge in [-0.2, -0.15) is 0 Å². The van der Waals surface area contributed by atoms with Gasteiger partial charge in [-0.15, -0.1) is 0 Å². The van der Waals surface area contributed by atoms with Crippen molar-refractivity contribution in [2.45, 2.75) is 27.2 Å². The third-order valence-corrected chi connectivity index (χ3v) is 3.14. The zero-order chi connectivity index (χ0) is 12.4. The molecule has 0 fully saturated rings. The number of fused-ring (bicyclic) bond motifs is 1. The van der Waals surface area contributed by atoms with E-state index >= 15 is 0 Å². The van der Waals surface area contributed by atoms with E-state index in [1.165, 1.54) is 11.1 Å². The first-order chi connectivity index (χ1) is 8.10. The number of benzene rings is 1. The number of imidazole rings is 1. The molecule has 1 unspecified atom stereocenters. The van der Waals surface area contributed by atoms with Crippen molar-refractivity contribution in [1.82, 2.24) is 9.97 Å². The Bertz CT molecular complexity index is 477. The molecule has 0 saturated carbocycles. The number of aromatic amines is 1. The Hall–Kier alpha value is -1.35. The number of nitrogens with one attached hydrogen (secondary N) is 1. The summed E-state index contributed by atoms with van der Waals surface area (Å²) in [5, 5.41) is 0. The molecule has 0 aliphatic rings. The average Bonchev–Trinajstić information content (AvgIpc) is 2.60. The van der Waals surface area contributed by atoms with Gasteiger partial charge < -0.3 is 9.72 Å². The first kappa shape index (κ1) is 12.1. The summed E-state index contributed by atoms with van der Waals surface area (Å²) in [5.74, 6) is 1.54. The number of rotatable bonds is 4. The van der Waals surface area contributed by atoms with Gasteiger partial charge in [-0.05, 0) is 43.0 Å². The number of aromatic nitrogens is 2. The molecule has 17 heavy (non-hydrogen) atoms. The lowest BCUT2D eigenvalue weighted by Crippen LogP contribution is -2.07. The molecule has 3 nitrogen and oxygen atoms in total. The molecule has 1 aromatic carbocycles. The fourth-order valence-corrected chi connectivity index (χ4v) is 2.09. The molecule has 0 bridgehead atoms. The van der Waals surface area contributed by atoms with E-state index in [0.717, 1.165) is 29.9 Å². The summed E-state index contributed by atoms with van der Waals surface area (Å²) in [4.78, 5) is 8.01. The van der Waals surface area contributed by atoms with Crippen LogP contribution in [0.2, 0.25) is 0 Å². The van der Waals surface area contributed by atoms with Crippen LogP contribution in [-0.2, 0) is 11.2 Å². The van der Waals surface area contributed by atoms with Crippen LogP contribution >= 0.6 is 0 Å². The minimum atomic E-state index is 0.489. The second kappa shape index (κ2) is 4.88. The van der Waals surface area contributed by atoms with Gasteiger partial charge in [0.15, 0.2) is 0 Å². The summed E-state index contributed by atoms with van der Waals surface area (Å²) in [6, 6.07) is 4.31. The van der Waals surface area contributed by atoms with Crippen LogP contribution in [0, 0.1) is 19.8 Å². The maximum absolute atomic E-state index is 5.15. The standard InChI is InChI=1S/C14H20N2O/c1-9(8-17-4)5-14-15-12-6-10(2)11(3)7-13(12)16-14/h6-7,9H,5,8H2,1-4H3,(H,15,16). The molecule has 0 aliphatic carbocycles. The molecule has 2 aromatic rings. The lowest BCUT2D eigenvalue weighted by molar-refractivity contribution is 0.159. The number of hydrogen-bond donors (Lipinski definition) is 1. The van der Waals surface area contributed by atoms with Crippen LogP contribution in [0.1, 0.15) is 23.9 Å². The van der Waals surface area contributed by atoms with E-state index in [9.17, 15) is 0 Å². The predicted molar refractivity (Wildman–Crippen MR) is 70.3 cm³/mol. The number of hydrogen-bond acceptors (Lipinski definition) is 2. The van der Waals surface area contributed by atoms with Gasteiger partial charge in [0.2, 0.25) is 0 Å². The highest BCUT2D eigenvalue weighted by atomic mass is 16.5. The van der Waals surface area contributed by atoms with Crippen LogP contribution in [0.5, 0.6) is 0 Å². The number of ether oxygens (including phenoxy) is 1. The van der Waals surface area contributed by atoms with E-state index in [-0.39, 0.29) is 0 Å². The smallest absolute Gasteiger partial charge is 0.107 e. The van der Waals surface area contributed by atoms with E-state index in [0.29, 0.717) is 5.92 Å². The van der Waals surface area contributed by atoms with Crippen molar-refractivity contribution in [3.05, 3.63) is 29.1 Å². The van der Waals surface area contributed by atoms with Crippen LogP contribution in [0.15, 0.2) is 12.1 Å². The maximum Gasteiger partial charge on any atom is 0.107 e. The van der Waals surface area contributed by atoms with Crippen molar-refractivity contribution in [3.8, 4) is 0 Å². The number of nitrogens with zero attached hydrogens (tertiary/aromatic N) is 1. The first-order valence-corrected chi connectivity index (χ1v) is 6.05. The van der Waals surface area contributed by atoms with Gasteiger partial charge in [-0.1, -0.05) is 6.92 Å². The van der Waals surface area contributed by atoms with E-state index in [4.69, 9.17) is 4.74 Å². The Morgan fingerprint density at radius 2 is 2.00 bits per heavy atom. The van der Waals surface area contributed by atoms with Crippen LogP contribution in [0.3, 0.4) is 0 Å². The molecule has 92 valence electrons. The zero-order valence-electron chi connectivity index (χ0n) is 11.0. The van der Waals surface area contributed by atoms with Gasteiger partial charge in [-0.3, -0.25) is 0 Å². The summed E-state index contributed by atoms with van der Waals surface area (Å²) < 4.78 is 5.15. The lowest BCUT2D eigenvalue weighted by atomic mass is 10.1. The van der Waals surface area contributed by atoms with Crippen LogP contribution in [0.4, 0.5) is 0 Å². The zero-order valence-corrected chi connectivity index (χ0v) is 11.0. The molecule has 1 N–H and O–H groups in total. The molecule has 0 amide bonds. The Labute approximate surface area is 102 Å². The van der Waals surface area contributed by atoms with Crippen molar-refractivity contribution in [1.29, 1.82) is 0 Å². The van der Waals surface area contributed by atoms with Crippen LogP contribution < -0.4 is 0 Å². The lowest BCUT2D eigenvalue weighted by Gasteiger charge is -2.06. The quantitative estimate of drug-likeness (QED) is 0.880. The van der Waals surface area contributed by atoms with Gasteiger partial charge in [0.25, 0.3) is 0 Å². The van der Waals surface area contributed by atoms with Crippen LogP contribution in [-0.4, -0.2) is 23.7 Å². The number of methoxy groups -OCH3 is 1. The largest absolute Gasteiger partial charge is 0.384 e. The highest BCUT2D eigenvalue weighted by molar-refractivity contribution is 5.77.